The minimum Gasteiger partial charge on any atom is -0.0651 e. The van der Waals surface area contributed by atoms with Crippen molar-refractivity contribution in [3.8, 4) is 0 Å². The van der Waals surface area contributed by atoms with Crippen LogP contribution in [0.3, 0.4) is 0 Å². The van der Waals surface area contributed by atoms with E-state index in [1.165, 1.54) is 6.42 Å². The van der Waals surface area contributed by atoms with Gasteiger partial charge in [0.2, 0.25) is 0 Å². The second-order valence-corrected chi connectivity index (χ2v) is 4.91. The molecule has 0 spiro atoms. The van der Waals surface area contributed by atoms with Gasteiger partial charge in [0, 0.05) is 0 Å². The first-order chi connectivity index (χ1) is 5.18. The fourth-order valence-electron chi connectivity index (χ4n) is 3.69. The van der Waals surface area contributed by atoms with Crippen molar-refractivity contribution in [1.82, 2.24) is 0 Å². The molecule has 11 heavy (non-hydrogen) atoms. The van der Waals surface area contributed by atoms with Crippen molar-refractivity contribution in [2.45, 2.75) is 34.1 Å². The molecule has 0 aromatic heterocycles. The van der Waals surface area contributed by atoms with Crippen LogP contribution in [0.15, 0.2) is 0 Å². The Kier molecular flexibility index (Phi) is 1.56. The van der Waals surface area contributed by atoms with E-state index in [0.717, 1.165) is 35.5 Å². The number of rotatable bonds is 2. The molecule has 0 aliphatic heterocycles. The Morgan fingerprint density at radius 2 is 1.82 bits per heavy atom. The maximum atomic E-state index is 2.44. The van der Waals surface area contributed by atoms with Crippen LogP contribution < -0.4 is 0 Å². The second kappa shape index (κ2) is 2.24. The Bertz CT molecular complexity index is 159. The lowest BCUT2D eigenvalue weighted by Crippen LogP contribution is -2.33. The van der Waals surface area contributed by atoms with Gasteiger partial charge in [-0.3, -0.25) is 0 Å². The molecule has 2 rings (SSSR count). The number of hydrogen-bond acceptors (Lipinski definition) is 0. The molecule has 0 aromatic rings. The number of fused-ring (bicyclic) bond motifs is 1. The summed E-state index contributed by atoms with van der Waals surface area (Å²) in [5.41, 5.74) is 0. The van der Waals surface area contributed by atoms with Crippen LogP contribution in [0.25, 0.3) is 0 Å². The van der Waals surface area contributed by atoms with Crippen molar-refractivity contribution >= 4 is 0 Å². The third-order valence-corrected chi connectivity index (χ3v) is 4.19. The van der Waals surface area contributed by atoms with Crippen molar-refractivity contribution in [2.75, 3.05) is 0 Å². The van der Waals surface area contributed by atoms with Gasteiger partial charge in [-0.15, -0.1) is 0 Å². The number of hydrogen-bond donors (Lipinski definition) is 0. The first-order valence-corrected chi connectivity index (χ1v) is 5.18. The predicted octanol–water partition coefficient (Wildman–Crippen LogP) is 3.18. The standard InChI is InChI=1S/C11H20/c1-5-8-9(6(2)3)11-7(4)10(8)11/h6-11H,5H2,1-4H3. The van der Waals surface area contributed by atoms with Crippen molar-refractivity contribution in [3.05, 3.63) is 0 Å². The monoisotopic (exact) mass is 152 g/mol. The summed E-state index contributed by atoms with van der Waals surface area (Å²) in [5, 5.41) is 0. The van der Waals surface area contributed by atoms with E-state index in [2.05, 4.69) is 27.7 Å². The van der Waals surface area contributed by atoms with Gasteiger partial charge in [-0.2, -0.15) is 0 Å². The van der Waals surface area contributed by atoms with Gasteiger partial charge < -0.3 is 0 Å². The Hall–Kier alpha value is 0. The maximum Gasteiger partial charge on any atom is -0.0318 e. The van der Waals surface area contributed by atoms with E-state index in [9.17, 15) is 0 Å². The molecule has 0 N–H and O–H groups in total. The smallest absolute Gasteiger partial charge is 0.0318 e. The summed E-state index contributed by atoms with van der Waals surface area (Å²) in [6.45, 7) is 9.60. The van der Waals surface area contributed by atoms with Gasteiger partial charge >= 0.3 is 0 Å². The fraction of sp³-hybridized carbons (Fsp3) is 1.00. The third kappa shape index (κ3) is 0.816. The molecule has 0 aromatic carbocycles. The van der Waals surface area contributed by atoms with E-state index in [1.807, 2.05) is 0 Å². The van der Waals surface area contributed by atoms with Gasteiger partial charge in [0.15, 0.2) is 0 Å². The zero-order valence-electron chi connectivity index (χ0n) is 8.17. The summed E-state index contributed by atoms with van der Waals surface area (Å²) in [4.78, 5) is 0. The molecule has 0 bridgehead atoms. The van der Waals surface area contributed by atoms with Crippen molar-refractivity contribution in [1.29, 1.82) is 0 Å². The second-order valence-electron chi connectivity index (χ2n) is 4.91. The molecule has 5 unspecified atom stereocenters. The van der Waals surface area contributed by atoms with Crippen LogP contribution in [-0.4, -0.2) is 0 Å². The molecular weight excluding hydrogens is 132 g/mol. The lowest BCUT2D eigenvalue weighted by Gasteiger charge is -2.38. The highest BCUT2D eigenvalue weighted by molar-refractivity contribution is 5.13. The van der Waals surface area contributed by atoms with Crippen molar-refractivity contribution < 1.29 is 0 Å². The fourth-order valence-corrected chi connectivity index (χ4v) is 3.69. The van der Waals surface area contributed by atoms with Gasteiger partial charge in [0.25, 0.3) is 0 Å². The molecule has 0 heteroatoms. The summed E-state index contributed by atoms with van der Waals surface area (Å²) in [7, 11) is 0. The van der Waals surface area contributed by atoms with Gasteiger partial charge in [0.1, 0.15) is 0 Å². The van der Waals surface area contributed by atoms with Crippen LogP contribution in [0.2, 0.25) is 0 Å². The summed E-state index contributed by atoms with van der Waals surface area (Å²) in [5.74, 6) is 6.47. The lowest BCUT2D eigenvalue weighted by molar-refractivity contribution is 0.0989. The molecule has 2 fully saturated rings. The molecule has 64 valence electrons. The topological polar surface area (TPSA) is 0 Å². The van der Waals surface area contributed by atoms with Crippen molar-refractivity contribution in [2.24, 2.45) is 35.5 Å². The van der Waals surface area contributed by atoms with Crippen LogP contribution in [0, 0.1) is 35.5 Å². The Morgan fingerprint density at radius 1 is 1.18 bits per heavy atom. The van der Waals surface area contributed by atoms with E-state index in [0.29, 0.717) is 0 Å². The molecule has 0 heterocycles. The van der Waals surface area contributed by atoms with Gasteiger partial charge in [-0.25, -0.2) is 0 Å². The van der Waals surface area contributed by atoms with Crippen LogP contribution in [-0.2, 0) is 0 Å². The van der Waals surface area contributed by atoms with Gasteiger partial charge in [-0.1, -0.05) is 34.1 Å². The van der Waals surface area contributed by atoms with E-state index in [-0.39, 0.29) is 0 Å². The zero-order valence-corrected chi connectivity index (χ0v) is 8.17. The van der Waals surface area contributed by atoms with Crippen molar-refractivity contribution in [3.63, 3.8) is 0 Å². The molecule has 0 saturated heterocycles. The predicted molar refractivity (Wildman–Crippen MR) is 48.3 cm³/mol. The minimum absolute atomic E-state index is 0.936. The van der Waals surface area contributed by atoms with Crippen LogP contribution in [0.4, 0.5) is 0 Å². The van der Waals surface area contributed by atoms with E-state index in [1.54, 1.807) is 0 Å². The summed E-state index contributed by atoms with van der Waals surface area (Å²) >= 11 is 0. The quantitative estimate of drug-likeness (QED) is 0.570. The van der Waals surface area contributed by atoms with E-state index in [4.69, 9.17) is 0 Å². The third-order valence-electron chi connectivity index (χ3n) is 4.19. The molecule has 2 aliphatic rings. The average Bonchev–Trinajstić information content (AvgIpc) is 2.35. The summed E-state index contributed by atoms with van der Waals surface area (Å²) in [6, 6.07) is 0. The molecule has 2 aliphatic carbocycles. The molecule has 2 saturated carbocycles. The molecule has 0 amide bonds. The highest BCUT2D eigenvalue weighted by Gasteiger charge is 2.66. The molecular formula is C11H20. The van der Waals surface area contributed by atoms with Crippen LogP contribution >= 0.6 is 0 Å². The maximum absolute atomic E-state index is 2.44. The Balaban J connectivity index is 2.01. The minimum atomic E-state index is 0.936. The van der Waals surface area contributed by atoms with Crippen LogP contribution in [0.5, 0.6) is 0 Å². The molecule has 0 radical (unpaired) electrons. The highest BCUT2D eigenvalue weighted by atomic mass is 14.7. The Morgan fingerprint density at radius 3 is 2.18 bits per heavy atom. The van der Waals surface area contributed by atoms with Gasteiger partial charge in [0.05, 0.1) is 0 Å². The Labute approximate surface area is 70.4 Å². The first-order valence-electron chi connectivity index (χ1n) is 5.18. The lowest BCUT2D eigenvalue weighted by atomic mass is 9.67. The first kappa shape index (κ1) is 7.64. The van der Waals surface area contributed by atoms with E-state index >= 15 is 0 Å². The zero-order chi connectivity index (χ0) is 8.17. The highest BCUT2D eigenvalue weighted by Crippen LogP contribution is 2.70. The largest absolute Gasteiger partial charge is 0.0651 e. The van der Waals surface area contributed by atoms with Crippen LogP contribution in [0.1, 0.15) is 34.1 Å². The van der Waals surface area contributed by atoms with E-state index < -0.39 is 0 Å². The summed E-state index contributed by atoms with van der Waals surface area (Å²) in [6.07, 6.45) is 1.42. The van der Waals surface area contributed by atoms with Gasteiger partial charge in [-0.05, 0) is 35.5 Å². The normalized spacial score (nSPS) is 53.7. The molecule has 0 nitrogen and oxygen atoms in total. The molecule has 5 atom stereocenters. The average molecular weight is 152 g/mol. The summed E-state index contributed by atoms with van der Waals surface area (Å²) < 4.78 is 0. The SMILES string of the molecule is CCC1C(C(C)C)C2C(C)C12.